The lowest BCUT2D eigenvalue weighted by Crippen LogP contribution is -2.62. The second-order valence-electron chi connectivity index (χ2n) is 6.39. The molecular weight excluding hydrogens is 332 g/mol. The van der Waals surface area contributed by atoms with Gasteiger partial charge in [-0.05, 0) is 18.6 Å². The fourth-order valence-corrected chi connectivity index (χ4v) is 5.38. The number of aryl methyl sites for hydroxylation is 1. The van der Waals surface area contributed by atoms with E-state index in [1.807, 2.05) is 0 Å². The highest BCUT2D eigenvalue weighted by Crippen LogP contribution is 2.44. The van der Waals surface area contributed by atoms with E-state index in [-0.39, 0.29) is 28.9 Å². The topological polar surface area (TPSA) is 95.3 Å². The summed E-state index contributed by atoms with van der Waals surface area (Å²) < 4.78 is 41.2. The number of fused-ring (bicyclic) bond motifs is 2. The maximum absolute atomic E-state index is 12.9. The summed E-state index contributed by atoms with van der Waals surface area (Å²) in [5.41, 5.74) is 1.07. The third kappa shape index (κ3) is 2.34. The molecule has 130 valence electrons. The molecule has 24 heavy (non-hydrogen) atoms. The molecule has 1 aliphatic heterocycles. The van der Waals surface area contributed by atoms with Crippen LogP contribution in [0.3, 0.4) is 0 Å². The quantitative estimate of drug-likeness (QED) is 0.831. The molecule has 1 saturated heterocycles. The first-order valence-corrected chi connectivity index (χ1v) is 9.42. The molecule has 0 bridgehead atoms. The number of hydrogen-bond acceptors (Lipinski definition) is 6. The lowest BCUT2D eigenvalue weighted by molar-refractivity contribution is -0.0775. The van der Waals surface area contributed by atoms with E-state index < -0.39 is 10.0 Å². The first-order chi connectivity index (χ1) is 11.5. The Morgan fingerprint density at radius 2 is 2.29 bits per heavy atom. The normalized spacial score (nSPS) is 29.6. The molecule has 0 radical (unpaired) electrons. The zero-order chi connectivity index (χ0) is 16.9. The average Bonchev–Trinajstić information content (AvgIpc) is 3.15. The van der Waals surface area contributed by atoms with Crippen molar-refractivity contribution >= 4 is 21.1 Å². The molecule has 1 aromatic heterocycles. The van der Waals surface area contributed by atoms with Crippen LogP contribution < -0.4 is 4.72 Å². The first kappa shape index (κ1) is 15.9. The molecule has 2 fully saturated rings. The zero-order valence-corrected chi connectivity index (χ0v) is 14.4. The summed E-state index contributed by atoms with van der Waals surface area (Å²) in [5, 5.41) is 7.92. The Morgan fingerprint density at radius 1 is 1.46 bits per heavy atom. The number of ether oxygens (including phenoxy) is 2. The summed E-state index contributed by atoms with van der Waals surface area (Å²) >= 11 is 0. The van der Waals surface area contributed by atoms with Crippen LogP contribution in [0.25, 0.3) is 11.0 Å². The fourth-order valence-electron chi connectivity index (χ4n) is 3.89. The number of aromatic nitrogens is 3. The highest BCUT2D eigenvalue weighted by Gasteiger charge is 2.55. The van der Waals surface area contributed by atoms with Crippen molar-refractivity contribution < 1.29 is 17.9 Å². The number of nitrogens with zero attached hydrogens (tertiary/aromatic N) is 3. The van der Waals surface area contributed by atoms with Gasteiger partial charge in [-0.15, -0.1) is 5.10 Å². The molecule has 8 nitrogen and oxygen atoms in total. The van der Waals surface area contributed by atoms with Crippen LogP contribution in [0, 0.1) is 11.8 Å². The summed E-state index contributed by atoms with van der Waals surface area (Å²) in [6.45, 7) is 1.15. The fraction of sp³-hybridized carbons (Fsp3) is 0.600. The van der Waals surface area contributed by atoms with Crippen molar-refractivity contribution in [3.8, 4) is 0 Å². The number of nitrogens with one attached hydrogen (secondary N) is 1. The summed E-state index contributed by atoms with van der Waals surface area (Å²) in [4.78, 5) is 0.159. The van der Waals surface area contributed by atoms with Gasteiger partial charge in [0.15, 0.2) is 0 Å². The monoisotopic (exact) mass is 352 g/mol. The van der Waals surface area contributed by atoms with Crippen molar-refractivity contribution in [2.75, 3.05) is 20.3 Å². The van der Waals surface area contributed by atoms with Crippen molar-refractivity contribution in [2.45, 2.75) is 23.5 Å². The van der Waals surface area contributed by atoms with Crippen LogP contribution >= 0.6 is 0 Å². The molecule has 0 unspecified atom stereocenters. The first-order valence-electron chi connectivity index (χ1n) is 7.94. The second-order valence-corrected chi connectivity index (χ2v) is 8.07. The summed E-state index contributed by atoms with van der Waals surface area (Å²) in [6.07, 6.45) is 0.956. The van der Waals surface area contributed by atoms with E-state index in [0.717, 1.165) is 6.42 Å². The van der Waals surface area contributed by atoms with Gasteiger partial charge in [0.25, 0.3) is 0 Å². The SMILES string of the molecule is COC[C@@H]1[C@H](NS(=O)(=O)c2cccc3c2nnn3C)[C@@H]2CCO[C@H]12. The van der Waals surface area contributed by atoms with Gasteiger partial charge >= 0.3 is 0 Å². The standard InChI is InChI=1S/C15H20N4O4S/c1-19-11-4-3-5-12(14(11)16-18-19)24(20,21)17-13-9-6-7-23-15(9)10(13)8-22-2/h3-5,9-10,13,15,17H,6-8H2,1-2H3/t9-,10+,13+,15-/m0/s1. The zero-order valence-electron chi connectivity index (χ0n) is 13.5. The van der Waals surface area contributed by atoms with Crippen LogP contribution in [0.15, 0.2) is 23.1 Å². The Morgan fingerprint density at radius 3 is 3.08 bits per heavy atom. The van der Waals surface area contributed by atoms with Gasteiger partial charge in [-0.25, -0.2) is 17.8 Å². The van der Waals surface area contributed by atoms with Gasteiger partial charge < -0.3 is 9.47 Å². The van der Waals surface area contributed by atoms with Crippen molar-refractivity contribution in [3.63, 3.8) is 0 Å². The van der Waals surface area contributed by atoms with Gasteiger partial charge in [-0.2, -0.15) is 0 Å². The van der Waals surface area contributed by atoms with Crippen LogP contribution in [-0.4, -0.2) is 55.9 Å². The van der Waals surface area contributed by atoms with Crippen molar-refractivity contribution in [1.82, 2.24) is 19.7 Å². The van der Waals surface area contributed by atoms with Crippen LogP contribution in [-0.2, 0) is 26.5 Å². The van der Waals surface area contributed by atoms with Crippen molar-refractivity contribution in [2.24, 2.45) is 18.9 Å². The van der Waals surface area contributed by atoms with E-state index >= 15 is 0 Å². The molecule has 2 aromatic rings. The minimum Gasteiger partial charge on any atom is -0.384 e. The largest absolute Gasteiger partial charge is 0.384 e. The van der Waals surface area contributed by atoms with Gasteiger partial charge in [-0.1, -0.05) is 11.3 Å². The molecule has 2 heterocycles. The highest BCUT2D eigenvalue weighted by molar-refractivity contribution is 7.89. The summed E-state index contributed by atoms with van der Waals surface area (Å²) in [6, 6.07) is 4.89. The smallest absolute Gasteiger partial charge is 0.243 e. The Balaban J connectivity index is 1.65. The molecule has 1 aliphatic carbocycles. The number of benzene rings is 1. The molecule has 2 aliphatic rings. The Bertz CT molecular complexity index is 865. The van der Waals surface area contributed by atoms with Gasteiger partial charge in [0, 0.05) is 38.6 Å². The van der Waals surface area contributed by atoms with E-state index in [1.54, 1.807) is 37.0 Å². The van der Waals surface area contributed by atoms with Gasteiger partial charge in [-0.3, -0.25) is 0 Å². The Hall–Kier alpha value is -1.55. The van der Waals surface area contributed by atoms with Crippen molar-refractivity contribution in [3.05, 3.63) is 18.2 Å². The molecule has 1 aromatic carbocycles. The number of rotatable bonds is 5. The number of methoxy groups -OCH3 is 1. The van der Waals surface area contributed by atoms with Gasteiger partial charge in [0.1, 0.15) is 10.4 Å². The van der Waals surface area contributed by atoms with E-state index in [9.17, 15) is 8.42 Å². The van der Waals surface area contributed by atoms with Crippen LogP contribution in [0.2, 0.25) is 0 Å². The van der Waals surface area contributed by atoms with Gasteiger partial charge in [0.05, 0.1) is 18.2 Å². The molecule has 4 atom stereocenters. The Labute approximate surface area is 140 Å². The van der Waals surface area contributed by atoms with E-state index in [0.29, 0.717) is 24.2 Å². The van der Waals surface area contributed by atoms with Gasteiger partial charge in [0.2, 0.25) is 10.0 Å². The maximum atomic E-state index is 12.9. The maximum Gasteiger partial charge on any atom is 0.243 e. The van der Waals surface area contributed by atoms with Crippen LogP contribution in [0.4, 0.5) is 0 Å². The van der Waals surface area contributed by atoms with E-state index in [1.165, 1.54) is 0 Å². The van der Waals surface area contributed by atoms with Crippen molar-refractivity contribution in [1.29, 1.82) is 0 Å². The predicted octanol–water partition coefficient (Wildman–Crippen LogP) is 0.296. The molecule has 1 N–H and O–H groups in total. The molecule has 0 amide bonds. The molecule has 1 saturated carbocycles. The highest BCUT2D eigenvalue weighted by atomic mass is 32.2. The van der Waals surface area contributed by atoms with E-state index in [4.69, 9.17) is 9.47 Å². The number of hydrogen-bond donors (Lipinski definition) is 1. The predicted molar refractivity (Wildman–Crippen MR) is 85.8 cm³/mol. The van der Waals surface area contributed by atoms with Crippen LogP contribution in [0.5, 0.6) is 0 Å². The van der Waals surface area contributed by atoms with E-state index in [2.05, 4.69) is 15.0 Å². The Kier molecular flexibility index (Phi) is 3.83. The molecule has 0 spiro atoms. The lowest BCUT2D eigenvalue weighted by Gasteiger charge is -2.47. The lowest BCUT2D eigenvalue weighted by atomic mass is 9.68. The second kappa shape index (κ2) is 5.76. The third-order valence-electron chi connectivity index (χ3n) is 5.07. The van der Waals surface area contributed by atoms with Crippen LogP contribution in [0.1, 0.15) is 6.42 Å². The minimum absolute atomic E-state index is 0.0401. The third-order valence-corrected chi connectivity index (χ3v) is 6.56. The molecule has 9 heteroatoms. The molecule has 4 rings (SSSR count). The summed E-state index contributed by atoms with van der Waals surface area (Å²) in [7, 11) is -0.345. The summed E-state index contributed by atoms with van der Waals surface area (Å²) in [5.74, 6) is 0.249. The minimum atomic E-state index is -3.70. The average molecular weight is 352 g/mol. The molecular formula is C15H20N4O4S. The number of sulfonamides is 1.